The van der Waals surface area contributed by atoms with Crippen molar-refractivity contribution in [2.45, 2.75) is 44.6 Å². The molecule has 18 heavy (non-hydrogen) atoms. The van der Waals surface area contributed by atoms with Crippen LogP contribution in [0.4, 0.5) is 0 Å². The molecule has 0 radical (unpaired) electrons. The van der Waals surface area contributed by atoms with Gasteiger partial charge in [-0.15, -0.1) is 0 Å². The lowest BCUT2D eigenvalue weighted by molar-refractivity contribution is -0.127. The first-order chi connectivity index (χ1) is 8.77. The molecule has 4 heteroatoms. The van der Waals surface area contributed by atoms with Crippen LogP contribution in [0.1, 0.15) is 38.2 Å². The fraction of sp³-hybridized carbons (Fsp3) is 0.643. The van der Waals surface area contributed by atoms with Gasteiger partial charge in [-0.3, -0.25) is 4.79 Å². The number of rotatable bonds is 6. The fourth-order valence-electron chi connectivity index (χ4n) is 2.68. The number of thiophene rings is 1. The van der Waals surface area contributed by atoms with E-state index < -0.39 is 0 Å². The monoisotopic (exact) mass is 266 g/mol. The van der Waals surface area contributed by atoms with Gasteiger partial charge in [-0.2, -0.15) is 11.3 Å². The minimum Gasteiger partial charge on any atom is -0.354 e. The Morgan fingerprint density at radius 3 is 3.11 bits per heavy atom. The van der Waals surface area contributed by atoms with E-state index in [1.807, 2.05) is 0 Å². The van der Waals surface area contributed by atoms with Crippen LogP contribution < -0.4 is 10.6 Å². The second kappa shape index (κ2) is 6.34. The Balaban J connectivity index is 1.82. The Bertz CT molecular complexity index is 369. The van der Waals surface area contributed by atoms with E-state index in [4.69, 9.17) is 0 Å². The van der Waals surface area contributed by atoms with Crippen molar-refractivity contribution in [3.63, 3.8) is 0 Å². The highest BCUT2D eigenvalue weighted by Crippen LogP contribution is 2.24. The average molecular weight is 266 g/mol. The van der Waals surface area contributed by atoms with E-state index in [0.717, 1.165) is 45.2 Å². The van der Waals surface area contributed by atoms with E-state index in [0.29, 0.717) is 0 Å². The standard InChI is InChI=1S/C14H22N2OS/c1-2-6-14(7-3-8-16-14)13(17)15-9-4-12-5-10-18-11-12/h5,10-11,16H,2-4,6-9H2,1H3,(H,15,17). The highest BCUT2D eigenvalue weighted by atomic mass is 32.1. The summed E-state index contributed by atoms with van der Waals surface area (Å²) in [7, 11) is 0. The van der Waals surface area contributed by atoms with Gasteiger partial charge in [-0.25, -0.2) is 0 Å². The molecule has 0 aromatic carbocycles. The maximum Gasteiger partial charge on any atom is 0.240 e. The zero-order valence-corrected chi connectivity index (χ0v) is 11.8. The third kappa shape index (κ3) is 3.12. The smallest absolute Gasteiger partial charge is 0.240 e. The minimum absolute atomic E-state index is 0.192. The summed E-state index contributed by atoms with van der Waals surface area (Å²) in [6.07, 6.45) is 5.00. The zero-order chi connectivity index (χ0) is 12.8. The van der Waals surface area contributed by atoms with Crippen molar-refractivity contribution in [2.24, 2.45) is 0 Å². The SMILES string of the molecule is CCCC1(C(=O)NCCc2ccsc2)CCCN1. The number of hydrogen-bond acceptors (Lipinski definition) is 3. The second-order valence-corrected chi connectivity index (χ2v) is 5.78. The maximum atomic E-state index is 12.3. The van der Waals surface area contributed by atoms with Gasteiger partial charge in [-0.1, -0.05) is 13.3 Å². The van der Waals surface area contributed by atoms with Crippen LogP contribution in [0, 0.1) is 0 Å². The van der Waals surface area contributed by atoms with E-state index in [2.05, 4.69) is 34.4 Å². The minimum atomic E-state index is -0.288. The summed E-state index contributed by atoms with van der Waals surface area (Å²) in [5.74, 6) is 0.192. The molecule has 1 aliphatic heterocycles. The van der Waals surface area contributed by atoms with Gasteiger partial charge in [0.25, 0.3) is 0 Å². The van der Waals surface area contributed by atoms with Crippen molar-refractivity contribution in [1.29, 1.82) is 0 Å². The van der Waals surface area contributed by atoms with Gasteiger partial charge in [0.05, 0.1) is 5.54 Å². The molecule has 2 N–H and O–H groups in total. The lowest BCUT2D eigenvalue weighted by atomic mass is 9.91. The van der Waals surface area contributed by atoms with Crippen LogP contribution in [0.5, 0.6) is 0 Å². The summed E-state index contributed by atoms with van der Waals surface area (Å²) in [4.78, 5) is 12.3. The van der Waals surface area contributed by atoms with Gasteiger partial charge in [0, 0.05) is 6.54 Å². The molecule has 0 bridgehead atoms. The Kier molecular flexibility index (Phi) is 4.78. The third-order valence-corrected chi connectivity index (χ3v) is 4.37. The average Bonchev–Trinajstić information content (AvgIpc) is 3.01. The van der Waals surface area contributed by atoms with Crippen LogP contribution in [0.2, 0.25) is 0 Å². The summed E-state index contributed by atoms with van der Waals surface area (Å²) >= 11 is 1.71. The molecule has 3 nitrogen and oxygen atoms in total. The third-order valence-electron chi connectivity index (χ3n) is 3.63. The molecule has 2 heterocycles. The van der Waals surface area contributed by atoms with E-state index in [-0.39, 0.29) is 11.4 Å². The molecule has 1 fully saturated rings. The van der Waals surface area contributed by atoms with Crippen LogP contribution in [-0.4, -0.2) is 24.5 Å². The molecular formula is C14H22N2OS. The molecule has 1 aromatic rings. The van der Waals surface area contributed by atoms with Gasteiger partial charge < -0.3 is 10.6 Å². The van der Waals surface area contributed by atoms with Crippen molar-refractivity contribution in [2.75, 3.05) is 13.1 Å². The van der Waals surface area contributed by atoms with Gasteiger partial charge in [0.15, 0.2) is 0 Å². The Morgan fingerprint density at radius 1 is 1.61 bits per heavy atom. The molecule has 0 spiro atoms. The maximum absolute atomic E-state index is 12.3. The Labute approximate surface area is 113 Å². The summed E-state index contributed by atoms with van der Waals surface area (Å²) < 4.78 is 0. The summed E-state index contributed by atoms with van der Waals surface area (Å²) in [6.45, 7) is 3.85. The van der Waals surface area contributed by atoms with Crippen LogP contribution in [0.25, 0.3) is 0 Å². The van der Waals surface area contributed by atoms with Gasteiger partial charge in [0.2, 0.25) is 5.91 Å². The molecule has 1 saturated heterocycles. The predicted molar refractivity (Wildman–Crippen MR) is 75.9 cm³/mol. The van der Waals surface area contributed by atoms with E-state index >= 15 is 0 Å². The molecule has 1 aliphatic rings. The Hall–Kier alpha value is -0.870. The number of hydrogen-bond donors (Lipinski definition) is 2. The van der Waals surface area contributed by atoms with Crippen molar-refractivity contribution in [3.8, 4) is 0 Å². The molecule has 2 rings (SSSR count). The van der Waals surface area contributed by atoms with E-state index in [1.54, 1.807) is 11.3 Å². The first-order valence-electron chi connectivity index (χ1n) is 6.81. The molecule has 100 valence electrons. The topological polar surface area (TPSA) is 41.1 Å². The molecule has 1 amide bonds. The number of amides is 1. The summed E-state index contributed by atoms with van der Waals surface area (Å²) in [6, 6.07) is 2.12. The zero-order valence-electron chi connectivity index (χ0n) is 11.0. The number of carbonyl (C=O) groups excluding carboxylic acids is 1. The predicted octanol–water partition coefficient (Wildman–Crippen LogP) is 2.33. The van der Waals surface area contributed by atoms with E-state index in [9.17, 15) is 4.79 Å². The molecule has 1 atom stereocenters. The molecule has 1 aromatic heterocycles. The van der Waals surface area contributed by atoms with Crippen molar-refractivity contribution in [1.82, 2.24) is 10.6 Å². The highest BCUT2D eigenvalue weighted by molar-refractivity contribution is 7.07. The first kappa shape index (κ1) is 13.6. The second-order valence-electron chi connectivity index (χ2n) is 5.00. The normalized spacial score (nSPS) is 23.2. The Morgan fingerprint density at radius 2 is 2.50 bits per heavy atom. The quantitative estimate of drug-likeness (QED) is 0.829. The molecule has 0 aliphatic carbocycles. The largest absolute Gasteiger partial charge is 0.354 e. The lowest BCUT2D eigenvalue weighted by Gasteiger charge is -2.27. The van der Waals surface area contributed by atoms with Gasteiger partial charge >= 0.3 is 0 Å². The lowest BCUT2D eigenvalue weighted by Crippen LogP contribution is -2.53. The molecular weight excluding hydrogens is 244 g/mol. The van der Waals surface area contributed by atoms with Crippen molar-refractivity contribution in [3.05, 3.63) is 22.4 Å². The van der Waals surface area contributed by atoms with Crippen LogP contribution in [-0.2, 0) is 11.2 Å². The summed E-state index contributed by atoms with van der Waals surface area (Å²) in [5, 5.41) is 10.7. The van der Waals surface area contributed by atoms with Crippen molar-refractivity contribution < 1.29 is 4.79 Å². The van der Waals surface area contributed by atoms with E-state index in [1.165, 1.54) is 5.56 Å². The molecule has 0 saturated carbocycles. The summed E-state index contributed by atoms with van der Waals surface area (Å²) in [5.41, 5.74) is 1.02. The van der Waals surface area contributed by atoms with Crippen LogP contribution in [0.3, 0.4) is 0 Å². The van der Waals surface area contributed by atoms with Crippen LogP contribution in [0.15, 0.2) is 16.8 Å². The van der Waals surface area contributed by atoms with Gasteiger partial charge in [-0.05, 0) is 54.6 Å². The van der Waals surface area contributed by atoms with Crippen LogP contribution >= 0.6 is 11.3 Å². The number of carbonyl (C=O) groups is 1. The first-order valence-corrected chi connectivity index (χ1v) is 7.75. The molecule has 1 unspecified atom stereocenters. The van der Waals surface area contributed by atoms with Gasteiger partial charge in [0.1, 0.15) is 0 Å². The fourth-order valence-corrected chi connectivity index (χ4v) is 3.38. The van der Waals surface area contributed by atoms with Crippen molar-refractivity contribution >= 4 is 17.2 Å². The number of nitrogens with one attached hydrogen (secondary N) is 2. The highest BCUT2D eigenvalue weighted by Gasteiger charge is 2.39.